The molecule has 1 aromatic carbocycles. The summed E-state index contributed by atoms with van der Waals surface area (Å²) in [4.78, 5) is 0. The van der Waals surface area contributed by atoms with Crippen LogP contribution in [0.4, 0.5) is 0 Å². The van der Waals surface area contributed by atoms with Crippen molar-refractivity contribution < 1.29 is 13.2 Å². The molecule has 0 aliphatic carbocycles. The van der Waals surface area contributed by atoms with E-state index in [1.165, 1.54) is 0 Å². The van der Waals surface area contributed by atoms with Gasteiger partial charge in [-0.3, -0.25) is 0 Å². The average Bonchev–Trinajstić information content (AvgIpc) is 2.29. The highest BCUT2D eigenvalue weighted by Crippen LogP contribution is 2.25. The molecule has 0 heterocycles. The third-order valence-electron chi connectivity index (χ3n) is 2.63. The van der Waals surface area contributed by atoms with Crippen molar-refractivity contribution in [2.45, 2.75) is 32.6 Å². The Morgan fingerprint density at radius 3 is 2.47 bits per heavy atom. The zero-order valence-corrected chi connectivity index (χ0v) is 13.2. The molecule has 1 rings (SSSR count). The zero-order valence-electron chi connectivity index (χ0n) is 10.9. The van der Waals surface area contributed by atoms with Crippen molar-refractivity contribution in [2.75, 3.05) is 12.4 Å². The number of rotatable bonds is 8. The first-order valence-electron chi connectivity index (χ1n) is 6.20. The van der Waals surface area contributed by atoms with Crippen LogP contribution in [0.25, 0.3) is 0 Å². The van der Waals surface area contributed by atoms with Crippen LogP contribution in [0.1, 0.15) is 31.2 Å². The Hall–Kier alpha value is -0.450. The van der Waals surface area contributed by atoms with E-state index in [4.69, 9.17) is 27.0 Å². The second-order valence-electron chi connectivity index (χ2n) is 4.44. The zero-order chi connectivity index (χ0) is 14.3. The molecule has 0 spiro atoms. The lowest BCUT2D eigenvalue weighted by Crippen LogP contribution is -2.00. The third kappa shape index (κ3) is 7.65. The molecular weight excluding hydrogens is 307 g/mol. The summed E-state index contributed by atoms with van der Waals surface area (Å²) in [6.45, 7) is 2.55. The highest BCUT2D eigenvalue weighted by Gasteiger charge is 2.04. The van der Waals surface area contributed by atoms with E-state index in [1.807, 2.05) is 25.1 Å². The Bertz CT molecular complexity index is 501. The van der Waals surface area contributed by atoms with Crippen LogP contribution in [0.2, 0.25) is 5.02 Å². The van der Waals surface area contributed by atoms with E-state index in [1.54, 1.807) is 0 Å². The Balaban J connectivity index is 2.14. The Morgan fingerprint density at radius 1 is 1.16 bits per heavy atom. The molecule has 6 heteroatoms. The lowest BCUT2D eigenvalue weighted by atomic mass is 10.2. The fourth-order valence-corrected chi connectivity index (χ4v) is 2.80. The van der Waals surface area contributed by atoms with Crippen LogP contribution in [0, 0.1) is 6.92 Å². The SMILES string of the molecule is Cc1ccc(OCCCCCCS(=O)(=O)Cl)c(Cl)c1. The smallest absolute Gasteiger partial charge is 0.232 e. The first-order valence-corrected chi connectivity index (χ1v) is 9.05. The van der Waals surface area contributed by atoms with Crippen molar-refractivity contribution in [3.8, 4) is 5.75 Å². The minimum Gasteiger partial charge on any atom is -0.492 e. The Labute approximate surface area is 124 Å². The Kier molecular flexibility index (Phi) is 6.97. The van der Waals surface area contributed by atoms with Crippen LogP contribution >= 0.6 is 22.3 Å². The summed E-state index contributed by atoms with van der Waals surface area (Å²) in [5.41, 5.74) is 1.10. The maximum absolute atomic E-state index is 10.7. The Morgan fingerprint density at radius 2 is 1.84 bits per heavy atom. The van der Waals surface area contributed by atoms with Crippen LogP contribution in [-0.4, -0.2) is 20.8 Å². The number of benzene rings is 1. The quantitative estimate of drug-likeness (QED) is 0.532. The molecule has 0 aliphatic heterocycles. The van der Waals surface area contributed by atoms with Crippen molar-refractivity contribution in [1.29, 1.82) is 0 Å². The lowest BCUT2D eigenvalue weighted by Gasteiger charge is -2.08. The largest absolute Gasteiger partial charge is 0.492 e. The summed E-state index contributed by atoms with van der Waals surface area (Å²) in [5.74, 6) is 0.731. The summed E-state index contributed by atoms with van der Waals surface area (Å²) in [5, 5.41) is 0.619. The molecule has 1 aromatic rings. The van der Waals surface area contributed by atoms with Gasteiger partial charge in [-0.25, -0.2) is 8.42 Å². The van der Waals surface area contributed by atoms with Crippen molar-refractivity contribution in [3.63, 3.8) is 0 Å². The molecule has 0 atom stereocenters. The molecule has 108 valence electrons. The van der Waals surface area contributed by atoms with E-state index < -0.39 is 9.05 Å². The van der Waals surface area contributed by atoms with Crippen LogP contribution in [0.5, 0.6) is 5.75 Å². The summed E-state index contributed by atoms with van der Waals surface area (Å²) >= 11 is 6.04. The van der Waals surface area contributed by atoms with Gasteiger partial charge in [-0.1, -0.05) is 30.5 Å². The third-order valence-corrected chi connectivity index (χ3v) is 4.16. The topological polar surface area (TPSA) is 43.4 Å². The predicted molar refractivity (Wildman–Crippen MR) is 79.8 cm³/mol. The summed E-state index contributed by atoms with van der Waals surface area (Å²) in [6, 6.07) is 5.67. The summed E-state index contributed by atoms with van der Waals surface area (Å²) < 4.78 is 27.0. The minimum absolute atomic E-state index is 0.0409. The summed E-state index contributed by atoms with van der Waals surface area (Å²) in [6.07, 6.45) is 3.20. The van der Waals surface area contributed by atoms with Crippen LogP contribution in [-0.2, 0) is 9.05 Å². The fraction of sp³-hybridized carbons (Fsp3) is 0.538. The van der Waals surface area contributed by atoms with Gasteiger partial charge in [0.2, 0.25) is 9.05 Å². The van der Waals surface area contributed by atoms with Gasteiger partial charge in [0.1, 0.15) is 5.75 Å². The molecule has 0 fully saturated rings. The number of hydrogen-bond acceptors (Lipinski definition) is 3. The molecule has 0 N–H and O–H groups in total. The van der Waals surface area contributed by atoms with Crippen molar-refractivity contribution in [3.05, 3.63) is 28.8 Å². The van der Waals surface area contributed by atoms with E-state index in [2.05, 4.69) is 0 Å². The normalized spacial score (nSPS) is 11.5. The molecule has 19 heavy (non-hydrogen) atoms. The van der Waals surface area contributed by atoms with Gasteiger partial charge in [0.15, 0.2) is 0 Å². The van der Waals surface area contributed by atoms with Gasteiger partial charge in [0.25, 0.3) is 0 Å². The summed E-state index contributed by atoms with van der Waals surface area (Å²) in [7, 11) is 1.77. The molecule has 0 radical (unpaired) electrons. The van der Waals surface area contributed by atoms with Crippen LogP contribution in [0.15, 0.2) is 18.2 Å². The highest BCUT2D eigenvalue weighted by atomic mass is 35.7. The van der Waals surface area contributed by atoms with Crippen molar-refractivity contribution >= 4 is 31.3 Å². The first kappa shape index (κ1) is 16.6. The van der Waals surface area contributed by atoms with E-state index in [9.17, 15) is 8.42 Å². The first-order chi connectivity index (χ1) is 8.88. The number of hydrogen-bond donors (Lipinski definition) is 0. The molecule has 0 aromatic heterocycles. The van der Waals surface area contributed by atoms with Crippen molar-refractivity contribution in [2.24, 2.45) is 0 Å². The average molecular weight is 325 g/mol. The second kappa shape index (κ2) is 7.98. The van der Waals surface area contributed by atoms with E-state index in [0.717, 1.165) is 24.8 Å². The van der Waals surface area contributed by atoms with Gasteiger partial charge in [-0.05, 0) is 37.5 Å². The molecule has 0 aliphatic rings. The monoisotopic (exact) mass is 324 g/mol. The van der Waals surface area contributed by atoms with Crippen molar-refractivity contribution in [1.82, 2.24) is 0 Å². The maximum Gasteiger partial charge on any atom is 0.232 e. The van der Waals surface area contributed by atoms with Crippen LogP contribution < -0.4 is 4.74 Å². The van der Waals surface area contributed by atoms with Gasteiger partial charge >= 0.3 is 0 Å². The number of unbranched alkanes of at least 4 members (excludes halogenated alkanes) is 3. The van der Waals surface area contributed by atoms with Gasteiger partial charge in [-0.15, -0.1) is 0 Å². The second-order valence-corrected chi connectivity index (χ2v) is 7.74. The fourth-order valence-electron chi connectivity index (χ4n) is 1.64. The van der Waals surface area contributed by atoms with E-state index >= 15 is 0 Å². The molecule has 0 bridgehead atoms. The number of ether oxygens (including phenoxy) is 1. The maximum atomic E-state index is 10.7. The van der Waals surface area contributed by atoms with E-state index in [0.29, 0.717) is 23.8 Å². The van der Waals surface area contributed by atoms with Crippen LogP contribution in [0.3, 0.4) is 0 Å². The molecule has 0 saturated carbocycles. The molecule has 3 nitrogen and oxygen atoms in total. The van der Waals surface area contributed by atoms with Gasteiger partial charge in [0, 0.05) is 10.7 Å². The lowest BCUT2D eigenvalue weighted by molar-refractivity contribution is 0.305. The molecule has 0 saturated heterocycles. The van der Waals surface area contributed by atoms with Gasteiger partial charge in [0.05, 0.1) is 17.4 Å². The molecular formula is C13H18Cl2O3S. The standard InChI is InChI=1S/C13H18Cl2O3S/c1-11-6-7-13(12(14)10-11)18-8-4-2-3-5-9-19(15,16)17/h6-7,10H,2-5,8-9H2,1H3. The van der Waals surface area contributed by atoms with Gasteiger partial charge in [-0.2, -0.15) is 0 Å². The van der Waals surface area contributed by atoms with E-state index in [-0.39, 0.29) is 5.75 Å². The number of aryl methyl sites for hydroxylation is 1. The predicted octanol–water partition coefficient (Wildman–Crippen LogP) is 4.16. The number of halogens is 2. The van der Waals surface area contributed by atoms with Gasteiger partial charge < -0.3 is 4.74 Å². The minimum atomic E-state index is -3.35. The molecule has 0 amide bonds. The highest BCUT2D eigenvalue weighted by molar-refractivity contribution is 8.13. The molecule has 0 unspecified atom stereocenters.